The predicted molar refractivity (Wildman–Crippen MR) is 202 cm³/mol. The Labute approximate surface area is 316 Å². The molecule has 5 amide bonds. The van der Waals surface area contributed by atoms with E-state index in [0.29, 0.717) is 24.3 Å². The van der Waals surface area contributed by atoms with E-state index in [4.69, 9.17) is 23.4 Å². The van der Waals surface area contributed by atoms with Gasteiger partial charge < -0.3 is 39.3 Å². The van der Waals surface area contributed by atoms with Crippen molar-refractivity contribution in [3.63, 3.8) is 0 Å². The zero-order valence-corrected chi connectivity index (χ0v) is 33.3. The van der Waals surface area contributed by atoms with Gasteiger partial charge in [0.2, 0.25) is 11.9 Å². The molecule has 0 fully saturated rings. The first kappa shape index (κ1) is 44.6. The van der Waals surface area contributed by atoms with Gasteiger partial charge in [-0.25, -0.2) is 19.2 Å². The minimum Gasteiger partial charge on any atom is -0.456 e. The fraction of sp³-hybridized carbons (Fsp3) is 0.541. The molecule has 1 aromatic heterocycles. The Kier molecular flexibility index (Phi) is 15.6. The van der Waals surface area contributed by atoms with Crippen molar-refractivity contribution in [1.82, 2.24) is 21.3 Å². The molecule has 0 saturated heterocycles. The van der Waals surface area contributed by atoms with E-state index in [2.05, 4.69) is 36.6 Å². The van der Waals surface area contributed by atoms with Crippen molar-refractivity contribution in [3.05, 3.63) is 53.5 Å². The number of nitrogens with zero attached hydrogens (tertiary/aromatic N) is 2. The van der Waals surface area contributed by atoms with Crippen molar-refractivity contribution >= 4 is 47.9 Å². The summed E-state index contributed by atoms with van der Waals surface area (Å²) >= 11 is 0. The Balaban J connectivity index is 1.96. The number of benzene rings is 1. The van der Waals surface area contributed by atoms with Crippen LogP contribution >= 0.6 is 0 Å². The Bertz CT molecular complexity index is 1670. The highest BCUT2D eigenvalue weighted by Crippen LogP contribution is 2.15. The highest BCUT2D eigenvalue weighted by molar-refractivity contribution is 6.02. The van der Waals surface area contributed by atoms with E-state index in [0.717, 1.165) is 5.56 Å². The first-order valence-corrected chi connectivity index (χ1v) is 17.4. The number of hydrogen-bond donors (Lipinski definition) is 5. The second kappa shape index (κ2) is 18.9. The Morgan fingerprint density at radius 1 is 0.611 bits per heavy atom. The molecular weight excluding hydrogens is 702 g/mol. The summed E-state index contributed by atoms with van der Waals surface area (Å²) in [6.45, 7) is 20.8. The van der Waals surface area contributed by atoms with Crippen LogP contribution in [0.15, 0.2) is 50.8 Å². The highest BCUT2D eigenvalue weighted by Gasteiger charge is 2.22. The van der Waals surface area contributed by atoms with E-state index in [1.165, 1.54) is 0 Å². The fourth-order valence-electron chi connectivity index (χ4n) is 3.96. The number of aryl methyl sites for hydroxylation is 1. The maximum absolute atomic E-state index is 12.9. The summed E-state index contributed by atoms with van der Waals surface area (Å²) in [4.78, 5) is 69.8. The van der Waals surface area contributed by atoms with Crippen LogP contribution in [0.4, 0.5) is 24.9 Å². The van der Waals surface area contributed by atoms with Crippen molar-refractivity contribution in [2.45, 2.75) is 125 Å². The lowest BCUT2D eigenvalue weighted by Crippen LogP contribution is -2.44. The van der Waals surface area contributed by atoms with E-state index in [9.17, 15) is 24.0 Å². The van der Waals surface area contributed by atoms with Crippen molar-refractivity contribution in [2.75, 3.05) is 11.9 Å². The molecule has 0 atom stereocenters. The van der Waals surface area contributed by atoms with Crippen LogP contribution in [-0.2, 0) is 31.9 Å². The molecule has 0 aliphatic carbocycles. The molecule has 0 aliphatic rings. The number of nitrogens with one attached hydrogen (secondary N) is 5. The third kappa shape index (κ3) is 19.8. The molecule has 2 rings (SSSR count). The van der Waals surface area contributed by atoms with Gasteiger partial charge in [0.25, 0.3) is 5.91 Å². The van der Waals surface area contributed by atoms with Gasteiger partial charge in [-0.1, -0.05) is 12.1 Å². The molecule has 54 heavy (non-hydrogen) atoms. The molecule has 0 unspecified atom stereocenters. The minimum atomic E-state index is -0.900. The first-order chi connectivity index (χ1) is 24.7. The molecule has 2 aromatic rings. The number of amides is 5. The number of guanidine groups is 2. The second-order valence-corrected chi connectivity index (χ2v) is 15.9. The standard InChI is InChI=1S/C37H55N7O10/c1-34(2,3)51-30(46)41-28(42-31(47)52-35(4,5)6)38-21-13-14-25-19-20-26(50-25)27(45)40-24-17-15-23(16-18-24)22-39-29(43-32(48)53-36(7,8)9)44-33(49)54-37(10,11)12/h15-20H,13-14,21-22H2,1-12H3,(H,40,45)(H2,38,41,42,46,47)(H2,39,43,44,48,49). The quantitative estimate of drug-likeness (QED) is 0.0815. The zero-order valence-electron chi connectivity index (χ0n) is 33.3. The molecule has 0 spiro atoms. The number of hydrogen-bond acceptors (Lipinski definition) is 10. The van der Waals surface area contributed by atoms with Gasteiger partial charge in [-0.3, -0.25) is 15.4 Å². The van der Waals surface area contributed by atoms with Crippen molar-refractivity contribution in [2.24, 2.45) is 9.98 Å². The monoisotopic (exact) mass is 757 g/mol. The summed E-state index contributed by atoms with van der Waals surface area (Å²) in [5, 5.41) is 13.4. The molecule has 1 aromatic carbocycles. The van der Waals surface area contributed by atoms with Crippen LogP contribution in [0.5, 0.6) is 0 Å². The van der Waals surface area contributed by atoms with E-state index < -0.39 is 52.7 Å². The maximum atomic E-state index is 12.9. The lowest BCUT2D eigenvalue weighted by Gasteiger charge is -2.21. The van der Waals surface area contributed by atoms with Gasteiger partial charge in [-0.2, -0.15) is 0 Å². The van der Waals surface area contributed by atoms with Gasteiger partial charge in [0.05, 0.1) is 0 Å². The lowest BCUT2D eigenvalue weighted by atomic mass is 10.2. The summed E-state index contributed by atoms with van der Waals surface area (Å²) in [7, 11) is 0. The number of ether oxygens (including phenoxy) is 4. The van der Waals surface area contributed by atoms with Crippen LogP contribution in [0.3, 0.4) is 0 Å². The first-order valence-electron chi connectivity index (χ1n) is 17.4. The molecule has 0 aliphatic heterocycles. The van der Waals surface area contributed by atoms with Crippen LogP contribution in [-0.4, -0.2) is 71.1 Å². The largest absolute Gasteiger partial charge is 0.456 e. The van der Waals surface area contributed by atoms with Crippen LogP contribution in [0, 0.1) is 0 Å². The van der Waals surface area contributed by atoms with E-state index in [-0.39, 0.29) is 30.8 Å². The van der Waals surface area contributed by atoms with Crippen LogP contribution in [0.25, 0.3) is 0 Å². The third-order valence-electron chi connectivity index (χ3n) is 5.88. The molecule has 5 N–H and O–H groups in total. The number of alkyl carbamates (subject to hydrolysis) is 2. The highest BCUT2D eigenvalue weighted by atomic mass is 16.6. The Morgan fingerprint density at radius 2 is 1.07 bits per heavy atom. The van der Waals surface area contributed by atoms with Crippen LogP contribution in [0.1, 0.15) is 111 Å². The molecule has 298 valence electrons. The number of furan rings is 1. The average molecular weight is 758 g/mol. The van der Waals surface area contributed by atoms with Gasteiger partial charge in [-0.05, 0) is 119 Å². The lowest BCUT2D eigenvalue weighted by molar-refractivity contribution is 0.0542. The molecule has 0 radical (unpaired) electrons. The Morgan fingerprint density at radius 3 is 1.54 bits per heavy atom. The van der Waals surface area contributed by atoms with Crippen molar-refractivity contribution in [3.8, 4) is 0 Å². The molecule has 1 heterocycles. The number of anilines is 1. The average Bonchev–Trinajstić information content (AvgIpc) is 3.44. The molecular formula is C37H55N7O10. The normalized spacial score (nSPS) is 12.6. The van der Waals surface area contributed by atoms with Gasteiger partial charge in [0.1, 0.15) is 28.2 Å². The van der Waals surface area contributed by atoms with E-state index in [1.807, 2.05) is 0 Å². The SMILES string of the molecule is CC(C)(C)OC(=O)/N=C(\NCCCc1ccc(C(=O)Nc2ccc(CN/C(=N\C(=O)OC(C)(C)C)NC(=O)OC(C)(C)C)cc2)o1)NC(=O)OC(C)(C)C. The maximum Gasteiger partial charge on any atom is 0.437 e. The predicted octanol–water partition coefficient (Wildman–Crippen LogP) is 6.78. The molecule has 0 saturated carbocycles. The summed E-state index contributed by atoms with van der Waals surface area (Å²) < 4.78 is 26.7. The summed E-state index contributed by atoms with van der Waals surface area (Å²) in [5.41, 5.74) is -1.87. The number of rotatable bonds is 8. The zero-order chi connectivity index (χ0) is 40.9. The fourth-order valence-corrected chi connectivity index (χ4v) is 3.96. The van der Waals surface area contributed by atoms with Crippen LogP contribution < -0.4 is 26.6 Å². The molecule has 0 bridgehead atoms. The number of carbonyl (C=O) groups is 5. The topological polar surface area (TPSA) is 220 Å². The van der Waals surface area contributed by atoms with Crippen molar-refractivity contribution < 1.29 is 47.3 Å². The third-order valence-corrected chi connectivity index (χ3v) is 5.88. The summed E-state index contributed by atoms with van der Waals surface area (Å²) in [6, 6.07) is 10.1. The van der Waals surface area contributed by atoms with Crippen molar-refractivity contribution in [1.29, 1.82) is 0 Å². The second-order valence-electron chi connectivity index (χ2n) is 15.9. The summed E-state index contributed by atoms with van der Waals surface area (Å²) in [5.74, 6) is -0.123. The summed E-state index contributed by atoms with van der Waals surface area (Å²) in [6.07, 6.45) is -2.47. The number of aliphatic imine (C=N–C) groups is 2. The smallest absolute Gasteiger partial charge is 0.437 e. The van der Waals surface area contributed by atoms with Gasteiger partial charge >= 0.3 is 24.4 Å². The van der Waals surface area contributed by atoms with E-state index in [1.54, 1.807) is 119 Å². The van der Waals surface area contributed by atoms with Gasteiger partial charge in [0, 0.05) is 25.2 Å². The van der Waals surface area contributed by atoms with Gasteiger partial charge in [0.15, 0.2) is 5.76 Å². The molecule has 17 nitrogen and oxygen atoms in total. The minimum absolute atomic E-state index is 0.0960. The van der Waals surface area contributed by atoms with E-state index >= 15 is 0 Å². The van der Waals surface area contributed by atoms with Gasteiger partial charge in [-0.15, -0.1) is 9.98 Å². The number of carbonyl (C=O) groups excluding carboxylic acids is 5. The van der Waals surface area contributed by atoms with Crippen LogP contribution in [0.2, 0.25) is 0 Å². The Hall–Kier alpha value is -5.61. The molecule has 17 heteroatoms.